The number of rotatable bonds is 8. The number of hydrogen-bond donors (Lipinski definition) is 2. The summed E-state index contributed by atoms with van der Waals surface area (Å²) in [6, 6.07) is 7.79. The standard InChI is InChI=1S/C30H36F2N4O3/c1-17-20(26(34-36(17)7)28(37)30(2,3)4)12-13-39-27-21(10-11-24(31)25(27)32)18-8-9-22-23(14-18)19(15-33-5)16-35(6)29(22)38/h8-11,14,16,28,33,37H,12-13,15H2,1-7H3. The van der Waals surface area contributed by atoms with Gasteiger partial charge in [0.25, 0.3) is 5.56 Å². The van der Waals surface area contributed by atoms with Crippen LogP contribution >= 0.6 is 0 Å². The van der Waals surface area contributed by atoms with E-state index in [9.17, 15) is 14.3 Å². The second kappa shape index (κ2) is 10.9. The van der Waals surface area contributed by atoms with E-state index in [-0.39, 0.29) is 17.9 Å². The van der Waals surface area contributed by atoms with Crippen molar-refractivity contribution in [2.75, 3.05) is 13.7 Å². The molecule has 208 valence electrons. The van der Waals surface area contributed by atoms with Crippen molar-refractivity contribution >= 4 is 10.8 Å². The van der Waals surface area contributed by atoms with Crippen LogP contribution in [0.4, 0.5) is 8.78 Å². The summed E-state index contributed by atoms with van der Waals surface area (Å²) in [6.45, 7) is 8.26. The fraction of sp³-hybridized carbons (Fsp3) is 0.400. The van der Waals surface area contributed by atoms with Crippen molar-refractivity contribution in [3.05, 3.63) is 81.0 Å². The summed E-state index contributed by atoms with van der Waals surface area (Å²) in [4.78, 5) is 12.7. The summed E-state index contributed by atoms with van der Waals surface area (Å²) in [5.41, 5.74) is 3.55. The Morgan fingerprint density at radius 1 is 1.13 bits per heavy atom. The average molecular weight is 539 g/mol. The zero-order chi connectivity index (χ0) is 28.6. The van der Waals surface area contributed by atoms with Crippen LogP contribution < -0.4 is 15.6 Å². The molecular formula is C30H36F2N4O3. The first kappa shape index (κ1) is 28.4. The Kier molecular flexibility index (Phi) is 7.95. The van der Waals surface area contributed by atoms with Gasteiger partial charge in [-0.05, 0) is 60.2 Å². The van der Waals surface area contributed by atoms with E-state index < -0.39 is 23.2 Å². The minimum absolute atomic E-state index is 0.0445. The maximum absolute atomic E-state index is 15.1. The first-order chi connectivity index (χ1) is 18.3. The molecule has 0 fully saturated rings. The summed E-state index contributed by atoms with van der Waals surface area (Å²) in [5.74, 6) is -2.29. The molecule has 0 aliphatic carbocycles. The number of halogens is 2. The zero-order valence-electron chi connectivity index (χ0n) is 23.5. The highest BCUT2D eigenvalue weighted by molar-refractivity contribution is 5.90. The van der Waals surface area contributed by atoms with E-state index >= 15 is 4.39 Å². The molecule has 2 aromatic heterocycles. The van der Waals surface area contributed by atoms with Gasteiger partial charge < -0.3 is 19.7 Å². The predicted molar refractivity (Wildman–Crippen MR) is 149 cm³/mol. The minimum Gasteiger partial charge on any atom is -0.489 e. The van der Waals surface area contributed by atoms with Crippen molar-refractivity contribution in [1.82, 2.24) is 19.7 Å². The van der Waals surface area contributed by atoms with E-state index in [4.69, 9.17) is 4.74 Å². The first-order valence-corrected chi connectivity index (χ1v) is 12.9. The summed E-state index contributed by atoms with van der Waals surface area (Å²) >= 11 is 0. The molecule has 9 heteroatoms. The number of aryl methyl sites for hydroxylation is 2. The summed E-state index contributed by atoms with van der Waals surface area (Å²) < 4.78 is 38.6. The van der Waals surface area contributed by atoms with Gasteiger partial charge in [0.2, 0.25) is 5.82 Å². The van der Waals surface area contributed by atoms with Crippen molar-refractivity contribution in [3.63, 3.8) is 0 Å². The topological polar surface area (TPSA) is 81.3 Å². The highest BCUT2D eigenvalue weighted by atomic mass is 19.2. The maximum atomic E-state index is 15.1. The molecule has 1 unspecified atom stereocenters. The lowest BCUT2D eigenvalue weighted by atomic mass is 9.85. The normalized spacial score (nSPS) is 12.8. The molecule has 39 heavy (non-hydrogen) atoms. The third-order valence-corrected chi connectivity index (χ3v) is 7.16. The highest BCUT2D eigenvalue weighted by Crippen LogP contribution is 2.37. The maximum Gasteiger partial charge on any atom is 0.258 e. The molecule has 2 N–H and O–H groups in total. The van der Waals surface area contributed by atoms with Crippen LogP contribution in [0.15, 0.2) is 41.3 Å². The van der Waals surface area contributed by atoms with E-state index in [2.05, 4.69) is 10.4 Å². The number of hydrogen-bond acceptors (Lipinski definition) is 5. The third kappa shape index (κ3) is 5.46. The summed E-state index contributed by atoms with van der Waals surface area (Å²) in [5, 5.41) is 19.8. The minimum atomic E-state index is -1.08. The molecule has 0 aliphatic rings. The number of benzene rings is 2. The Bertz CT molecular complexity index is 1580. The van der Waals surface area contributed by atoms with E-state index in [1.807, 2.05) is 40.8 Å². The number of nitrogens with zero attached hydrogens (tertiary/aromatic N) is 3. The summed E-state index contributed by atoms with van der Waals surface area (Å²) in [6.07, 6.45) is 1.32. The molecule has 0 aliphatic heterocycles. The number of pyridine rings is 1. The fourth-order valence-corrected chi connectivity index (χ4v) is 4.82. The van der Waals surface area contributed by atoms with Crippen molar-refractivity contribution in [1.29, 1.82) is 0 Å². The van der Waals surface area contributed by atoms with Crippen LogP contribution in [0.5, 0.6) is 5.75 Å². The van der Waals surface area contributed by atoms with Crippen molar-refractivity contribution in [2.45, 2.75) is 46.8 Å². The zero-order valence-corrected chi connectivity index (χ0v) is 23.5. The Balaban J connectivity index is 1.72. The number of aromatic nitrogens is 3. The van der Waals surface area contributed by atoms with Gasteiger partial charge in [0.05, 0.1) is 12.3 Å². The highest BCUT2D eigenvalue weighted by Gasteiger charge is 2.30. The average Bonchev–Trinajstić information content (AvgIpc) is 3.17. The van der Waals surface area contributed by atoms with Crippen LogP contribution in [0.1, 0.15) is 49.4 Å². The van der Waals surface area contributed by atoms with Crippen molar-refractivity contribution in [3.8, 4) is 16.9 Å². The van der Waals surface area contributed by atoms with E-state index in [1.54, 1.807) is 37.1 Å². The molecule has 0 spiro atoms. The molecule has 2 heterocycles. The molecule has 4 aromatic rings. The van der Waals surface area contributed by atoms with Crippen molar-refractivity contribution in [2.24, 2.45) is 19.5 Å². The number of aliphatic hydroxyl groups is 1. The molecular weight excluding hydrogens is 502 g/mol. The first-order valence-electron chi connectivity index (χ1n) is 12.9. The molecule has 1 atom stereocenters. The van der Waals surface area contributed by atoms with Crippen LogP contribution in [0.25, 0.3) is 21.9 Å². The molecule has 0 radical (unpaired) electrons. The van der Waals surface area contributed by atoms with Gasteiger partial charge in [-0.1, -0.05) is 26.8 Å². The predicted octanol–water partition coefficient (Wildman–Crippen LogP) is 4.95. The molecule has 4 rings (SSSR count). The van der Waals surface area contributed by atoms with Gasteiger partial charge in [-0.2, -0.15) is 9.49 Å². The second-order valence-corrected chi connectivity index (χ2v) is 11.0. The number of nitrogens with one attached hydrogen (secondary N) is 1. The van der Waals surface area contributed by atoms with Gasteiger partial charge in [-0.15, -0.1) is 0 Å². The van der Waals surface area contributed by atoms with Crippen LogP contribution in [0, 0.1) is 24.0 Å². The van der Waals surface area contributed by atoms with Crippen LogP contribution in [-0.4, -0.2) is 33.1 Å². The van der Waals surface area contributed by atoms with Crippen LogP contribution in [0.2, 0.25) is 0 Å². The van der Waals surface area contributed by atoms with Gasteiger partial charge in [-0.3, -0.25) is 9.48 Å². The SMILES string of the molecule is CNCc1cn(C)c(=O)c2ccc(-c3ccc(F)c(F)c3OCCc3c(C(O)C(C)(C)C)nn(C)c3C)cc12. The molecule has 0 amide bonds. The van der Waals surface area contributed by atoms with E-state index in [0.717, 1.165) is 28.3 Å². The Morgan fingerprint density at radius 2 is 1.85 bits per heavy atom. The Labute approximate surface area is 227 Å². The lowest BCUT2D eigenvalue weighted by Gasteiger charge is -2.25. The van der Waals surface area contributed by atoms with Crippen molar-refractivity contribution < 1.29 is 18.6 Å². The van der Waals surface area contributed by atoms with Gasteiger partial charge in [0.15, 0.2) is 11.6 Å². The number of fused-ring (bicyclic) bond motifs is 1. The number of ether oxygens (including phenoxy) is 1. The molecule has 0 bridgehead atoms. The third-order valence-electron chi connectivity index (χ3n) is 7.16. The Hall–Kier alpha value is -3.56. The molecule has 2 aromatic carbocycles. The van der Waals surface area contributed by atoms with E-state index in [1.165, 1.54) is 10.6 Å². The van der Waals surface area contributed by atoms with Gasteiger partial charge in [0, 0.05) is 55.5 Å². The van der Waals surface area contributed by atoms with Gasteiger partial charge in [0.1, 0.15) is 6.10 Å². The molecule has 0 saturated heterocycles. The summed E-state index contributed by atoms with van der Waals surface area (Å²) in [7, 11) is 5.32. The lowest BCUT2D eigenvalue weighted by molar-refractivity contribution is 0.0575. The number of aliphatic hydroxyl groups excluding tert-OH is 1. The monoisotopic (exact) mass is 538 g/mol. The smallest absolute Gasteiger partial charge is 0.258 e. The van der Waals surface area contributed by atoms with Gasteiger partial charge >= 0.3 is 0 Å². The Morgan fingerprint density at radius 3 is 2.51 bits per heavy atom. The molecule has 7 nitrogen and oxygen atoms in total. The largest absolute Gasteiger partial charge is 0.489 e. The lowest BCUT2D eigenvalue weighted by Crippen LogP contribution is -2.20. The molecule has 0 saturated carbocycles. The second-order valence-electron chi connectivity index (χ2n) is 11.0. The quantitative estimate of drug-likeness (QED) is 0.332. The van der Waals surface area contributed by atoms with Gasteiger partial charge in [-0.25, -0.2) is 4.39 Å². The van der Waals surface area contributed by atoms with Crippen LogP contribution in [-0.2, 0) is 27.1 Å². The van der Waals surface area contributed by atoms with Crippen LogP contribution in [0.3, 0.4) is 0 Å². The van der Waals surface area contributed by atoms with E-state index in [0.29, 0.717) is 35.2 Å². The fourth-order valence-electron chi connectivity index (χ4n) is 4.82.